The van der Waals surface area contributed by atoms with E-state index in [4.69, 9.17) is 16.7 Å². The summed E-state index contributed by atoms with van der Waals surface area (Å²) in [5.74, 6) is 0. The quantitative estimate of drug-likeness (QED) is 0.831. The van der Waals surface area contributed by atoms with Crippen molar-refractivity contribution in [2.24, 2.45) is 0 Å². The van der Waals surface area contributed by atoms with Gasteiger partial charge in [-0.3, -0.25) is 9.58 Å². The van der Waals surface area contributed by atoms with Gasteiger partial charge in [-0.05, 0) is 20.9 Å². The number of halogens is 1. The summed E-state index contributed by atoms with van der Waals surface area (Å²) >= 11 is 6.16. The highest BCUT2D eigenvalue weighted by atomic mass is 35.5. The summed E-state index contributed by atoms with van der Waals surface area (Å²) in [5, 5.41) is 13.9. The van der Waals surface area contributed by atoms with Gasteiger partial charge in [0.1, 0.15) is 0 Å². The summed E-state index contributed by atoms with van der Waals surface area (Å²) < 4.78 is 1.91. The van der Waals surface area contributed by atoms with Gasteiger partial charge in [0, 0.05) is 19.6 Å². The molecule has 1 rings (SSSR count). The van der Waals surface area contributed by atoms with Crippen molar-refractivity contribution >= 4 is 11.6 Å². The first-order valence-electron chi connectivity index (χ1n) is 5.11. The van der Waals surface area contributed by atoms with Crippen molar-refractivity contribution in [3.05, 3.63) is 16.4 Å². The molecule has 4 nitrogen and oxygen atoms in total. The molecule has 0 saturated heterocycles. The van der Waals surface area contributed by atoms with Crippen LogP contribution in [0.2, 0.25) is 5.02 Å². The average molecular weight is 232 g/mol. The van der Waals surface area contributed by atoms with Crippen molar-refractivity contribution in [2.45, 2.75) is 26.9 Å². The van der Waals surface area contributed by atoms with E-state index >= 15 is 0 Å². The Bertz CT molecular complexity index is 325. The van der Waals surface area contributed by atoms with E-state index in [-0.39, 0.29) is 6.61 Å². The van der Waals surface area contributed by atoms with Gasteiger partial charge in [0.2, 0.25) is 0 Å². The molecule has 0 radical (unpaired) electrons. The number of aryl methyl sites for hydroxylation is 2. The van der Waals surface area contributed by atoms with E-state index in [0.717, 1.165) is 23.0 Å². The Kier molecular flexibility index (Phi) is 4.57. The summed E-state index contributed by atoms with van der Waals surface area (Å²) in [6.45, 7) is 6.28. The van der Waals surface area contributed by atoms with Gasteiger partial charge in [0.25, 0.3) is 0 Å². The smallest absolute Gasteiger partial charge is 0.0860 e. The van der Waals surface area contributed by atoms with Crippen LogP contribution in [0.5, 0.6) is 0 Å². The van der Waals surface area contributed by atoms with E-state index in [1.165, 1.54) is 0 Å². The van der Waals surface area contributed by atoms with Crippen LogP contribution in [0.15, 0.2) is 0 Å². The fraction of sp³-hybridized carbons (Fsp3) is 0.700. The molecule has 5 heteroatoms. The Hall–Kier alpha value is -0.580. The van der Waals surface area contributed by atoms with Crippen molar-refractivity contribution < 1.29 is 5.11 Å². The predicted molar refractivity (Wildman–Crippen MR) is 61.1 cm³/mol. The third-order valence-corrected chi connectivity index (χ3v) is 2.85. The van der Waals surface area contributed by atoms with Crippen molar-refractivity contribution in [1.29, 1.82) is 0 Å². The number of hydrogen-bond acceptors (Lipinski definition) is 3. The fourth-order valence-corrected chi connectivity index (χ4v) is 1.72. The molecule has 1 aromatic rings. The molecule has 0 bridgehead atoms. The molecule has 0 unspecified atom stereocenters. The Morgan fingerprint density at radius 1 is 1.53 bits per heavy atom. The SMILES string of the molecule is CCn1nc(C)c(Cl)c1CN(C)CCO. The Labute approximate surface area is 95.5 Å². The first kappa shape index (κ1) is 12.5. The van der Waals surface area contributed by atoms with Gasteiger partial charge in [-0.25, -0.2) is 0 Å². The molecule has 1 N–H and O–H groups in total. The second-order valence-corrected chi connectivity index (χ2v) is 4.00. The molecular formula is C10H18ClN3O. The summed E-state index contributed by atoms with van der Waals surface area (Å²) in [4.78, 5) is 2.02. The fourth-order valence-electron chi connectivity index (χ4n) is 1.53. The molecule has 0 aliphatic rings. The first-order chi connectivity index (χ1) is 7.10. The third-order valence-electron chi connectivity index (χ3n) is 2.35. The van der Waals surface area contributed by atoms with Gasteiger partial charge in [-0.15, -0.1) is 0 Å². The Morgan fingerprint density at radius 3 is 2.73 bits per heavy atom. The van der Waals surface area contributed by atoms with Crippen LogP contribution in [-0.4, -0.2) is 40.0 Å². The van der Waals surface area contributed by atoms with E-state index in [2.05, 4.69) is 5.10 Å². The number of aliphatic hydroxyl groups is 1. The molecule has 0 atom stereocenters. The van der Waals surface area contributed by atoms with E-state index < -0.39 is 0 Å². The van der Waals surface area contributed by atoms with Gasteiger partial charge in [-0.2, -0.15) is 5.10 Å². The zero-order chi connectivity index (χ0) is 11.4. The monoisotopic (exact) mass is 231 g/mol. The lowest BCUT2D eigenvalue weighted by Gasteiger charge is -2.15. The maximum Gasteiger partial charge on any atom is 0.0860 e. The summed E-state index contributed by atoms with van der Waals surface area (Å²) in [5.41, 5.74) is 1.89. The number of aliphatic hydroxyl groups excluding tert-OH is 1. The van der Waals surface area contributed by atoms with Crippen LogP contribution >= 0.6 is 11.6 Å². The van der Waals surface area contributed by atoms with Crippen LogP contribution in [0.4, 0.5) is 0 Å². The normalized spacial score (nSPS) is 11.3. The highest BCUT2D eigenvalue weighted by molar-refractivity contribution is 6.31. The molecule has 1 heterocycles. The molecule has 15 heavy (non-hydrogen) atoms. The molecule has 0 aliphatic carbocycles. The first-order valence-corrected chi connectivity index (χ1v) is 5.49. The Morgan fingerprint density at radius 2 is 2.20 bits per heavy atom. The van der Waals surface area contributed by atoms with Crippen LogP contribution in [0.1, 0.15) is 18.3 Å². The number of rotatable bonds is 5. The van der Waals surface area contributed by atoms with Crippen LogP contribution < -0.4 is 0 Å². The van der Waals surface area contributed by atoms with Crippen molar-refractivity contribution in [3.63, 3.8) is 0 Å². The van der Waals surface area contributed by atoms with Crippen molar-refractivity contribution in [3.8, 4) is 0 Å². The Balaban J connectivity index is 2.82. The molecule has 1 aromatic heterocycles. The minimum absolute atomic E-state index is 0.160. The lowest BCUT2D eigenvalue weighted by atomic mass is 10.3. The van der Waals surface area contributed by atoms with Gasteiger partial charge in [0.15, 0.2) is 0 Å². The predicted octanol–water partition coefficient (Wildman–Crippen LogP) is 1.29. The van der Waals surface area contributed by atoms with Gasteiger partial charge < -0.3 is 5.11 Å². The highest BCUT2D eigenvalue weighted by Gasteiger charge is 2.13. The van der Waals surface area contributed by atoms with Crippen LogP contribution in [0.25, 0.3) is 0 Å². The molecule has 86 valence electrons. The summed E-state index contributed by atoms with van der Waals surface area (Å²) in [6.07, 6.45) is 0. The van der Waals surface area contributed by atoms with Gasteiger partial charge in [0.05, 0.1) is 23.0 Å². The summed E-state index contributed by atoms with van der Waals surface area (Å²) in [6, 6.07) is 0. The van der Waals surface area contributed by atoms with Crippen LogP contribution in [-0.2, 0) is 13.1 Å². The van der Waals surface area contributed by atoms with Crippen LogP contribution in [0, 0.1) is 6.92 Å². The van der Waals surface area contributed by atoms with Crippen molar-refractivity contribution in [1.82, 2.24) is 14.7 Å². The largest absolute Gasteiger partial charge is 0.395 e. The average Bonchev–Trinajstić information content (AvgIpc) is 2.46. The van der Waals surface area contributed by atoms with Gasteiger partial charge >= 0.3 is 0 Å². The molecule has 0 fully saturated rings. The van der Waals surface area contributed by atoms with Crippen molar-refractivity contribution in [2.75, 3.05) is 20.2 Å². The second kappa shape index (κ2) is 5.49. The number of likely N-dealkylation sites (N-methyl/N-ethyl adjacent to an activating group) is 1. The minimum Gasteiger partial charge on any atom is -0.395 e. The maximum absolute atomic E-state index is 8.82. The molecular weight excluding hydrogens is 214 g/mol. The van der Waals surface area contributed by atoms with E-state index in [0.29, 0.717) is 13.1 Å². The third kappa shape index (κ3) is 2.93. The molecule has 0 aliphatic heterocycles. The lowest BCUT2D eigenvalue weighted by Crippen LogP contribution is -2.23. The van der Waals surface area contributed by atoms with Gasteiger partial charge in [-0.1, -0.05) is 11.6 Å². The second-order valence-electron chi connectivity index (χ2n) is 3.62. The standard InChI is InChI=1S/C10H18ClN3O/c1-4-14-9(7-13(3)5-6-15)10(11)8(2)12-14/h15H,4-7H2,1-3H3. The lowest BCUT2D eigenvalue weighted by molar-refractivity contribution is 0.214. The molecule has 0 amide bonds. The highest BCUT2D eigenvalue weighted by Crippen LogP contribution is 2.21. The molecule has 0 spiro atoms. The zero-order valence-electron chi connectivity index (χ0n) is 9.50. The minimum atomic E-state index is 0.160. The van der Waals surface area contributed by atoms with E-state index in [1.807, 2.05) is 30.5 Å². The zero-order valence-corrected chi connectivity index (χ0v) is 10.3. The van der Waals surface area contributed by atoms with E-state index in [9.17, 15) is 0 Å². The van der Waals surface area contributed by atoms with E-state index in [1.54, 1.807) is 0 Å². The molecule has 0 saturated carbocycles. The summed E-state index contributed by atoms with van der Waals surface area (Å²) in [7, 11) is 1.95. The number of hydrogen-bond donors (Lipinski definition) is 1. The number of nitrogens with zero attached hydrogens (tertiary/aromatic N) is 3. The number of aromatic nitrogens is 2. The maximum atomic E-state index is 8.82. The molecule has 0 aromatic carbocycles. The van der Waals surface area contributed by atoms with Crippen LogP contribution in [0.3, 0.4) is 0 Å². The topological polar surface area (TPSA) is 41.3 Å².